The Balaban J connectivity index is 1.76. The largest absolute Gasteiger partial charge is 0.475 e. The molecule has 45 heavy (non-hydrogen) atoms. The second-order valence-corrected chi connectivity index (χ2v) is 13.4. The van der Waals surface area contributed by atoms with E-state index in [1.165, 1.54) is 128 Å². The van der Waals surface area contributed by atoms with Gasteiger partial charge < -0.3 is 14.2 Å². The molecule has 262 valence electrons. The van der Waals surface area contributed by atoms with Crippen molar-refractivity contribution < 1.29 is 14.2 Å². The molecule has 0 saturated heterocycles. The van der Waals surface area contributed by atoms with Crippen LogP contribution in [0, 0.1) is 0 Å². The molecule has 0 radical (unpaired) electrons. The third kappa shape index (κ3) is 19.2. The van der Waals surface area contributed by atoms with Crippen LogP contribution in [-0.4, -0.2) is 61.6 Å². The number of nitrogens with zero attached hydrogens (tertiary/aromatic N) is 2. The van der Waals surface area contributed by atoms with E-state index in [1.807, 2.05) is 0 Å². The van der Waals surface area contributed by atoms with E-state index in [2.05, 4.69) is 61.8 Å². The van der Waals surface area contributed by atoms with Crippen LogP contribution in [-0.2, 0) is 4.74 Å². The fraction of sp³-hybridized carbons (Fsp3) is 0.850. The molecule has 2 heterocycles. The molecule has 2 bridgehead atoms. The Labute approximate surface area is 280 Å². The lowest BCUT2D eigenvalue weighted by molar-refractivity contribution is -0.0203. The van der Waals surface area contributed by atoms with E-state index in [0.29, 0.717) is 13.2 Å². The van der Waals surface area contributed by atoms with Crippen molar-refractivity contribution in [2.24, 2.45) is 0 Å². The topological polar surface area (TPSA) is 34.2 Å². The van der Waals surface area contributed by atoms with Gasteiger partial charge in [0.15, 0.2) is 12.5 Å². The van der Waals surface area contributed by atoms with E-state index >= 15 is 0 Å². The lowest BCUT2D eigenvalue weighted by Gasteiger charge is -2.31. The van der Waals surface area contributed by atoms with Crippen molar-refractivity contribution in [1.29, 1.82) is 0 Å². The van der Waals surface area contributed by atoms with Crippen molar-refractivity contribution in [3.8, 4) is 11.5 Å². The molecule has 0 aliphatic carbocycles. The molecule has 5 heteroatoms. The Hall–Kier alpha value is -1.30. The first-order valence-electron chi connectivity index (χ1n) is 19.7. The van der Waals surface area contributed by atoms with Gasteiger partial charge in [-0.25, -0.2) is 0 Å². The molecule has 2 atom stereocenters. The Kier molecular flexibility index (Phi) is 24.6. The molecule has 5 nitrogen and oxygen atoms in total. The molecule has 0 aromatic heterocycles. The summed E-state index contributed by atoms with van der Waals surface area (Å²) in [5, 5.41) is 0. The molecular weight excluding hydrogens is 556 g/mol. The number of hydrogen-bond acceptors (Lipinski definition) is 5. The zero-order valence-electron chi connectivity index (χ0n) is 30.4. The van der Waals surface area contributed by atoms with Crippen molar-refractivity contribution >= 4 is 0 Å². The van der Waals surface area contributed by atoms with Gasteiger partial charge in [-0.1, -0.05) is 143 Å². The van der Waals surface area contributed by atoms with Crippen molar-refractivity contribution in [3.05, 3.63) is 24.3 Å². The predicted molar refractivity (Wildman–Crippen MR) is 194 cm³/mol. The first kappa shape index (κ1) is 39.9. The van der Waals surface area contributed by atoms with Gasteiger partial charge in [0.05, 0.1) is 13.2 Å². The summed E-state index contributed by atoms with van der Waals surface area (Å²) in [6, 6.07) is 8.35. The van der Waals surface area contributed by atoms with E-state index in [-0.39, 0.29) is 12.5 Å². The quantitative estimate of drug-likeness (QED) is 0.0951. The Morgan fingerprint density at radius 1 is 0.467 bits per heavy atom. The van der Waals surface area contributed by atoms with Crippen molar-refractivity contribution in [3.63, 3.8) is 0 Å². The summed E-state index contributed by atoms with van der Waals surface area (Å²) in [6.45, 7) is 14.7. The normalized spacial score (nSPS) is 17.6. The van der Waals surface area contributed by atoms with Gasteiger partial charge in [0.1, 0.15) is 11.5 Å². The zero-order valence-corrected chi connectivity index (χ0v) is 30.4. The second kappa shape index (κ2) is 27.8. The number of benzene rings is 1. The van der Waals surface area contributed by atoms with Gasteiger partial charge in [-0.3, -0.25) is 9.80 Å². The molecule has 0 spiro atoms. The minimum atomic E-state index is 0.0420. The number of unbranched alkanes of at least 4 members (excludes halogenated alkanes) is 18. The number of rotatable bonds is 26. The standard InChI is InChI=1S/C40H74N2O3/c1-5-9-11-13-15-17-19-21-23-25-33-41(7-3)39-31-35-43-36-32-40(45-38-29-27-37(44-39)28-30-38)42(8-4)34-26-24-22-20-18-16-14-12-10-6-2/h27-30,39-40H,5-26,31-36H2,1-4H3. The third-order valence-electron chi connectivity index (χ3n) is 9.61. The third-order valence-corrected chi connectivity index (χ3v) is 9.61. The lowest BCUT2D eigenvalue weighted by Crippen LogP contribution is -2.41. The van der Waals surface area contributed by atoms with Crippen molar-refractivity contribution in [2.75, 3.05) is 39.4 Å². The maximum Gasteiger partial charge on any atom is 0.154 e. The minimum Gasteiger partial charge on any atom is -0.475 e. The molecular formula is C40H74N2O3. The first-order valence-corrected chi connectivity index (χ1v) is 19.7. The summed E-state index contributed by atoms with van der Waals surface area (Å²) >= 11 is 0. The molecule has 0 amide bonds. The van der Waals surface area contributed by atoms with Crippen LogP contribution in [0.3, 0.4) is 0 Å². The van der Waals surface area contributed by atoms with Crippen LogP contribution in [0.25, 0.3) is 0 Å². The van der Waals surface area contributed by atoms with Crippen LogP contribution in [0.5, 0.6) is 11.5 Å². The summed E-state index contributed by atoms with van der Waals surface area (Å²) in [5.74, 6) is 1.84. The minimum absolute atomic E-state index is 0.0420. The number of fused-ring (bicyclic) bond motifs is 10. The second-order valence-electron chi connectivity index (χ2n) is 13.4. The van der Waals surface area contributed by atoms with Crippen LogP contribution in [0.15, 0.2) is 24.3 Å². The molecule has 2 aliphatic rings. The molecule has 0 fully saturated rings. The highest BCUT2D eigenvalue weighted by Crippen LogP contribution is 2.24. The van der Waals surface area contributed by atoms with Crippen LogP contribution in [0.2, 0.25) is 0 Å². The molecule has 0 N–H and O–H groups in total. The van der Waals surface area contributed by atoms with E-state index in [4.69, 9.17) is 14.2 Å². The highest BCUT2D eigenvalue weighted by atomic mass is 16.5. The van der Waals surface area contributed by atoms with Gasteiger partial charge in [0.25, 0.3) is 0 Å². The fourth-order valence-electron chi connectivity index (χ4n) is 6.63. The maximum atomic E-state index is 6.57. The van der Waals surface area contributed by atoms with Crippen LogP contribution >= 0.6 is 0 Å². The van der Waals surface area contributed by atoms with Crippen molar-refractivity contribution in [1.82, 2.24) is 9.80 Å². The zero-order chi connectivity index (χ0) is 32.2. The Bertz CT molecular complexity index is 710. The maximum absolute atomic E-state index is 6.57. The number of ether oxygens (including phenoxy) is 3. The molecule has 1 aromatic carbocycles. The van der Waals surface area contributed by atoms with Gasteiger partial charge in [-0.05, 0) is 50.2 Å². The lowest BCUT2D eigenvalue weighted by atomic mass is 10.1. The SMILES string of the molecule is CCCCCCCCCCCCN(CC)C1CCOCCC(N(CC)CCCCCCCCCCCC)Oc2ccc(cc2)O1. The molecule has 0 saturated carbocycles. The molecule has 2 unspecified atom stereocenters. The smallest absolute Gasteiger partial charge is 0.154 e. The average molecular weight is 631 g/mol. The summed E-state index contributed by atoms with van der Waals surface area (Å²) in [6.07, 6.45) is 29.2. The molecule has 1 aromatic rings. The number of hydrogen-bond donors (Lipinski definition) is 0. The summed E-state index contributed by atoms with van der Waals surface area (Å²) in [7, 11) is 0. The van der Waals surface area contributed by atoms with Gasteiger partial charge in [-0.2, -0.15) is 0 Å². The van der Waals surface area contributed by atoms with Gasteiger partial charge in [-0.15, -0.1) is 0 Å². The predicted octanol–water partition coefficient (Wildman–Crippen LogP) is 11.4. The monoisotopic (exact) mass is 631 g/mol. The van der Waals surface area contributed by atoms with Crippen LogP contribution in [0.1, 0.15) is 169 Å². The van der Waals surface area contributed by atoms with Gasteiger partial charge >= 0.3 is 0 Å². The highest BCUT2D eigenvalue weighted by molar-refractivity contribution is 5.31. The molecule has 3 rings (SSSR count). The van der Waals surface area contributed by atoms with E-state index < -0.39 is 0 Å². The fourth-order valence-corrected chi connectivity index (χ4v) is 6.63. The Morgan fingerprint density at radius 2 is 0.778 bits per heavy atom. The Morgan fingerprint density at radius 3 is 1.09 bits per heavy atom. The first-order chi connectivity index (χ1) is 22.2. The highest BCUT2D eigenvalue weighted by Gasteiger charge is 2.22. The van der Waals surface area contributed by atoms with Crippen LogP contribution in [0.4, 0.5) is 0 Å². The summed E-state index contributed by atoms with van der Waals surface area (Å²) in [5.41, 5.74) is 0. The van der Waals surface area contributed by atoms with E-state index in [0.717, 1.165) is 50.5 Å². The average Bonchev–Trinajstić information content (AvgIpc) is 3.09. The van der Waals surface area contributed by atoms with E-state index in [1.54, 1.807) is 0 Å². The van der Waals surface area contributed by atoms with Gasteiger partial charge in [0, 0.05) is 25.9 Å². The van der Waals surface area contributed by atoms with Gasteiger partial charge in [0.2, 0.25) is 0 Å². The summed E-state index contributed by atoms with van der Waals surface area (Å²) in [4.78, 5) is 5.01. The van der Waals surface area contributed by atoms with Crippen molar-refractivity contribution in [2.45, 2.75) is 181 Å². The summed E-state index contributed by atoms with van der Waals surface area (Å²) < 4.78 is 19.4. The van der Waals surface area contributed by atoms with E-state index in [9.17, 15) is 0 Å². The van der Waals surface area contributed by atoms with Crippen LogP contribution < -0.4 is 9.47 Å². The molecule has 2 aliphatic heterocycles.